The Morgan fingerprint density at radius 1 is 1.03 bits per heavy atom. The van der Waals surface area contributed by atoms with E-state index in [4.69, 9.17) is 0 Å². The number of aromatic amines is 1. The molecule has 38 heavy (non-hydrogen) atoms. The van der Waals surface area contributed by atoms with E-state index in [2.05, 4.69) is 25.8 Å². The van der Waals surface area contributed by atoms with Crippen molar-refractivity contribution in [2.45, 2.75) is 31.7 Å². The van der Waals surface area contributed by atoms with Crippen molar-refractivity contribution in [2.24, 2.45) is 5.92 Å². The van der Waals surface area contributed by atoms with Crippen molar-refractivity contribution in [1.82, 2.24) is 20.1 Å². The first-order chi connectivity index (χ1) is 18.3. The van der Waals surface area contributed by atoms with Gasteiger partial charge in [0, 0.05) is 48.8 Å². The van der Waals surface area contributed by atoms with E-state index in [1.807, 2.05) is 24.3 Å². The maximum Gasteiger partial charge on any atom is 0.276 e. The molecule has 3 heterocycles. The molecule has 6 rings (SSSR count). The van der Waals surface area contributed by atoms with Crippen molar-refractivity contribution in [1.29, 1.82) is 0 Å². The number of nitrogens with zero attached hydrogens (tertiary/aromatic N) is 3. The third-order valence-electron chi connectivity index (χ3n) is 6.94. The monoisotopic (exact) mass is 516 g/mol. The summed E-state index contributed by atoms with van der Waals surface area (Å²) >= 11 is 0. The highest BCUT2D eigenvalue weighted by atomic mass is 19.3. The molecule has 2 aromatic heterocycles. The van der Waals surface area contributed by atoms with Gasteiger partial charge in [-0.05, 0) is 54.3 Å². The summed E-state index contributed by atoms with van der Waals surface area (Å²) in [5.41, 5.74) is 4.42. The minimum absolute atomic E-state index is 0.0387. The summed E-state index contributed by atoms with van der Waals surface area (Å²) in [6, 6.07) is 14.6. The summed E-state index contributed by atoms with van der Waals surface area (Å²) < 4.78 is 27.2. The molecule has 8 nitrogen and oxygen atoms in total. The molecule has 1 saturated carbocycles. The van der Waals surface area contributed by atoms with Crippen molar-refractivity contribution in [3.8, 4) is 11.1 Å². The predicted octanol–water partition coefficient (Wildman–Crippen LogP) is 5.07. The minimum atomic E-state index is -2.64. The maximum absolute atomic E-state index is 13.6. The molecule has 3 N–H and O–H groups in total. The number of nitrogens with one attached hydrogen (secondary N) is 3. The summed E-state index contributed by atoms with van der Waals surface area (Å²) in [5.74, 6) is -3.06. The van der Waals surface area contributed by atoms with Crippen molar-refractivity contribution in [3.05, 3.63) is 72.2 Å². The first-order valence-electron chi connectivity index (χ1n) is 12.6. The minimum Gasteiger partial charge on any atom is -0.324 e. The molecule has 1 saturated heterocycles. The van der Waals surface area contributed by atoms with Crippen LogP contribution in [0.2, 0.25) is 0 Å². The molecule has 0 unspecified atom stereocenters. The third kappa shape index (κ3) is 5.12. The number of aromatic nitrogens is 3. The smallest absolute Gasteiger partial charge is 0.276 e. The Hall–Kier alpha value is -4.18. The second-order valence-electron chi connectivity index (χ2n) is 9.99. The molecule has 0 atom stereocenters. The lowest BCUT2D eigenvalue weighted by atomic mass is 10.0. The zero-order valence-corrected chi connectivity index (χ0v) is 20.5. The number of anilines is 2. The lowest BCUT2D eigenvalue weighted by Gasteiger charge is -2.15. The topological polar surface area (TPSA) is 103 Å². The van der Waals surface area contributed by atoms with Crippen LogP contribution in [0.5, 0.6) is 0 Å². The predicted molar refractivity (Wildman–Crippen MR) is 140 cm³/mol. The second-order valence-corrected chi connectivity index (χ2v) is 9.99. The lowest BCUT2D eigenvalue weighted by Crippen LogP contribution is -2.24. The van der Waals surface area contributed by atoms with Crippen LogP contribution in [-0.2, 0) is 11.3 Å². The zero-order chi connectivity index (χ0) is 26.3. The van der Waals surface area contributed by atoms with E-state index in [1.165, 1.54) is 0 Å². The Morgan fingerprint density at radius 3 is 2.55 bits per heavy atom. The molecule has 0 spiro atoms. The van der Waals surface area contributed by atoms with Gasteiger partial charge in [-0.15, -0.1) is 0 Å². The average Bonchev–Trinajstić information content (AvgIpc) is 3.58. The fourth-order valence-electron chi connectivity index (χ4n) is 4.76. The van der Waals surface area contributed by atoms with Gasteiger partial charge < -0.3 is 10.6 Å². The Labute approximate surface area is 217 Å². The van der Waals surface area contributed by atoms with Crippen LogP contribution in [0.3, 0.4) is 0 Å². The zero-order valence-electron chi connectivity index (χ0n) is 20.5. The van der Waals surface area contributed by atoms with Crippen LogP contribution in [0.15, 0.2) is 60.9 Å². The normalized spacial score (nSPS) is 17.0. The van der Waals surface area contributed by atoms with Crippen LogP contribution in [-0.4, -0.2) is 50.9 Å². The van der Waals surface area contributed by atoms with Crippen LogP contribution < -0.4 is 10.6 Å². The number of amides is 2. The van der Waals surface area contributed by atoms with E-state index in [0.717, 1.165) is 29.5 Å². The number of H-pyrrole nitrogens is 1. The van der Waals surface area contributed by atoms with E-state index in [-0.39, 0.29) is 30.5 Å². The van der Waals surface area contributed by atoms with Gasteiger partial charge in [-0.3, -0.25) is 24.6 Å². The van der Waals surface area contributed by atoms with Gasteiger partial charge in [0.15, 0.2) is 5.69 Å². The molecule has 194 valence electrons. The Bertz CT molecular complexity index is 1530. The number of fused-ring (bicyclic) bond motifs is 1. The molecule has 0 radical (unpaired) electrons. The Morgan fingerprint density at radius 2 is 1.82 bits per heavy atom. The number of carbonyl (C=O) groups is 2. The van der Waals surface area contributed by atoms with Gasteiger partial charge >= 0.3 is 0 Å². The highest BCUT2D eigenvalue weighted by Gasteiger charge is 2.38. The molecule has 10 heteroatoms. The van der Waals surface area contributed by atoms with E-state index >= 15 is 0 Å². The van der Waals surface area contributed by atoms with Crippen LogP contribution in [0, 0.1) is 5.92 Å². The summed E-state index contributed by atoms with van der Waals surface area (Å²) in [4.78, 5) is 31.5. The van der Waals surface area contributed by atoms with Crippen molar-refractivity contribution in [3.63, 3.8) is 0 Å². The van der Waals surface area contributed by atoms with Gasteiger partial charge in [0.1, 0.15) is 0 Å². The van der Waals surface area contributed by atoms with E-state index < -0.39 is 11.8 Å². The number of alkyl halides is 2. The van der Waals surface area contributed by atoms with Crippen molar-refractivity contribution in [2.75, 3.05) is 23.7 Å². The van der Waals surface area contributed by atoms with E-state index in [1.54, 1.807) is 41.6 Å². The molecule has 2 aromatic carbocycles. The first kappa shape index (κ1) is 24.2. The molecule has 2 amide bonds. The van der Waals surface area contributed by atoms with Gasteiger partial charge in [-0.25, -0.2) is 8.78 Å². The van der Waals surface area contributed by atoms with Gasteiger partial charge in [0.2, 0.25) is 5.91 Å². The summed E-state index contributed by atoms with van der Waals surface area (Å²) in [5, 5.41) is 13.5. The van der Waals surface area contributed by atoms with E-state index in [9.17, 15) is 18.4 Å². The summed E-state index contributed by atoms with van der Waals surface area (Å²) in [6.45, 7) is 0.503. The number of pyridine rings is 1. The van der Waals surface area contributed by atoms with Gasteiger partial charge in [0.25, 0.3) is 11.8 Å². The van der Waals surface area contributed by atoms with E-state index in [0.29, 0.717) is 35.4 Å². The number of likely N-dealkylation sites (tertiary alicyclic amines) is 1. The van der Waals surface area contributed by atoms with Gasteiger partial charge in [-0.2, -0.15) is 5.10 Å². The molecular formula is C28H26F2N6O2. The lowest BCUT2D eigenvalue weighted by molar-refractivity contribution is -0.117. The quantitative estimate of drug-likeness (QED) is 0.318. The van der Waals surface area contributed by atoms with Gasteiger partial charge in [-0.1, -0.05) is 18.2 Å². The number of benzene rings is 2. The number of carbonyl (C=O) groups excluding carboxylic acids is 2. The highest BCUT2D eigenvalue weighted by molar-refractivity contribution is 6.13. The van der Waals surface area contributed by atoms with Crippen molar-refractivity contribution >= 4 is 34.1 Å². The number of halogens is 2. The molecule has 2 aliphatic rings. The van der Waals surface area contributed by atoms with Crippen LogP contribution in [0.25, 0.3) is 22.0 Å². The molecular weight excluding hydrogens is 490 g/mol. The Balaban J connectivity index is 1.23. The Kier molecular flexibility index (Phi) is 6.11. The van der Waals surface area contributed by atoms with Crippen LogP contribution >= 0.6 is 0 Å². The first-order valence-corrected chi connectivity index (χ1v) is 12.6. The third-order valence-corrected chi connectivity index (χ3v) is 6.94. The standard InChI is InChI=1S/C28H26F2N6O2/c29-28(30)9-10-36(16-28)15-17-11-20(14-31-13-17)19-7-8-22-21(12-19)25(35-34-22)27(38)33-24-4-2-1-3-23(24)32-26(37)18-5-6-18/h1-4,7-8,11-14,18H,5-6,9-10,15-16H2,(H,32,37)(H,33,38)(H,34,35). The molecule has 1 aliphatic carbocycles. The molecule has 4 aromatic rings. The molecule has 2 fully saturated rings. The largest absolute Gasteiger partial charge is 0.324 e. The average molecular weight is 517 g/mol. The molecule has 0 bridgehead atoms. The fourth-order valence-corrected chi connectivity index (χ4v) is 4.76. The number of hydrogen-bond acceptors (Lipinski definition) is 5. The number of para-hydroxylation sites is 2. The van der Waals surface area contributed by atoms with Crippen molar-refractivity contribution < 1.29 is 18.4 Å². The van der Waals surface area contributed by atoms with Crippen LogP contribution in [0.1, 0.15) is 35.3 Å². The second kappa shape index (κ2) is 9.60. The molecule has 1 aliphatic heterocycles. The highest BCUT2D eigenvalue weighted by Crippen LogP contribution is 2.32. The summed E-state index contributed by atoms with van der Waals surface area (Å²) in [6.07, 6.45) is 5.04. The van der Waals surface area contributed by atoms with Gasteiger partial charge in [0.05, 0.1) is 23.4 Å². The van der Waals surface area contributed by atoms with Crippen LogP contribution in [0.4, 0.5) is 20.2 Å². The fraction of sp³-hybridized carbons (Fsp3) is 0.286. The number of rotatable bonds is 7. The maximum atomic E-state index is 13.6. The summed E-state index contributed by atoms with van der Waals surface area (Å²) in [7, 11) is 0. The number of hydrogen-bond donors (Lipinski definition) is 3. The SMILES string of the molecule is O=C(Nc1ccccc1NC(=O)C1CC1)c1n[nH]c2ccc(-c3cncc(CN4CCC(F)(F)C4)c3)cc12.